The van der Waals surface area contributed by atoms with E-state index in [9.17, 15) is 9.59 Å². The van der Waals surface area contributed by atoms with Gasteiger partial charge in [-0.05, 0) is 18.1 Å². The summed E-state index contributed by atoms with van der Waals surface area (Å²) in [4.78, 5) is 22.1. The molecule has 0 saturated carbocycles. The number of ether oxygens (including phenoxy) is 2. The van der Waals surface area contributed by atoms with Crippen molar-refractivity contribution in [2.24, 2.45) is 5.92 Å². The average Bonchev–Trinajstić information content (AvgIpc) is 2.44. The van der Waals surface area contributed by atoms with Gasteiger partial charge < -0.3 is 9.47 Å². The first-order valence-corrected chi connectivity index (χ1v) is 6.99. The highest BCUT2D eigenvalue weighted by molar-refractivity contribution is 5.75. The molecule has 0 bridgehead atoms. The van der Waals surface area contributed by atoms with E-state index in [0.717, 1.165) is 19.1 Å². The van der Waals surface area contributed by atoms with Crippen molar-refractivity contribution >= 4 is 12.3 Å². The number of aldehydes is 1. The van der Waals surface area contributed by atoms with Crippen LogP contribution in [0.2, 0.25) is 0 Å². The molecule has 1 rings (SSSR count). The van der Waals surface area contributed by atoms with Gasteiger partial charge in [-0.15, -0.1) is 0 Å². The number of benzene rings is 1. The van der Waals surface area contributed by atoms with Crippen LogP contribution in [0.1, 0.15) is 43.5 Å². The van der Waals surface area contributed by atoms with Crippen LogP contribution in [0.3, 0.4) is 0 Å². The second kappa shape index (κ2) is 9.13. The van der Waals surface area contributed by atoms with Gasteiger partial charge in [0.25, 0.3) is 0 Å². The third-order valence-electron chi connectivity index (χ3n) is 2.91. The molecule has 0 heterocycles. The maximum atomic E-state index is 11.5. The number of hydrogen-bond acceptors (Lipinski definition) is 4. The Kier molecular flexibility index (Phi) is 7.40. The predicted molar refractivity (Wildman–Crippen MR) is 77.0 cm³/mol. The molecule has 0 radical (unpaired) electrons. The zero-order valence-electron chi connectivity index (χ0n) is 12.1. The van der Waals surface area contributed by atoms with Gasteiger partial charge in [-0.25, -0.2) is 0 Å². The molecule has 0 fully saturated rings. The van der Waals surface area contributed by atoms with Crippen LogP contribution in [0.15, 0.2) is 24.3 Å². The van der Waals surface area contributed by atoms with Crippen molar-refractivity contribution in [2.45, 2.75) is 33.1 Å². The molecule has 4 nitrogen and oxygen atoms in total. The van der Waals surface area contributed by atoms with Crippen LogP contribution in [0, 0.1) is 5.92 Å². The summed E-state index contributed by atoms with van der Waals surface area (Å²) < 4.78 is 10.5. The summed E-state index contributed by atoms with van der Waals surface area (Å²) in [7, 11) is 0. The molecule has 0 aliphatic carbocycles. The zero-order valence-corrected chi connectivity index (χ0v) is 12.1. The van der Waals surface area contributed by atoms with Crippen LogP contribution in [-0.2, 0) is 9.53 Å². The Labute approximate surface area is 120 Å². The Hall–Kier alpha value is -1.84. The second-order valence-corrected chi connectivity index (χ2v) is 4.86. The fourth-order valence-electron chi connectivity index (χ4n) is 1.93. The van der Waals surface area contributed by atoms with Gasteiger partial charge in [0.05, 0.1) is 0 Å². The van der Waals surface area contributed by atoms with Gasteiger partial charge in [-0.3, -0.25) is 9.59 Å². The summed E-state index contributed by atoms with van der Waals surface area (Å²) in [5.74, 6) is 0.777. The number of rotatable bonds is 9. The van der Waals surface area contributed by atoms with Gasteiger partial charge in [0, 0.05) is 12.0 Å². The Morgan fingerprint density at radius 2 is 2.15 bits per heavy atom. The predicted octanol–water partition coefficient (Wildman–Crippen LogP) is 3.25. The van der Waals surface area contributed by atoms with Crippen LogP contribution >= 0.6 is 0 Å². The molecule has 4 heteroatoms. The summed E-state index contributed by atoms with van der Waals surface area (Å²) in [6, 6.07) is 6.86. The van der Waals surface area contributed by atoms with Crippen LogP contribution in [-0.4, -0.2) is 25.5 Å². The van der Waals surface area contributed by atoms with Crippen molar-refractivity contribution in [3.63, 3.8) is 0 Å². The Balaban J connectivity index is 2.21. The molecule has 0 N–H and O–H groups in total. The van der Waals surface area contributed by atoms with E-state index in [1.807, 2.05) is 6.92 Å². The second-order valence-electron chi connectivity index (χ2n) is 4.86. The number of esters is 1. The molecule has 1 aromatic rings. The van der Waals surface area contributed by atoms with Crippen molar-refractivity contribution in [2.75, 3.05) is 13.2 Å². The van der Waals surface area contributed by atoms with Gasteiger partial charge in [0.15, 0.2) is 0 Å². The van der Waals surface area contributed by atoms with E-state index in [2.05, 4.69) is 6.92 Å². The van der Waals surface area contributed by atoms with Gasteiger partial charge in [-0.2, -0.15) is 0 Å². The molecule has 1 aromatic carbocycles. The molecule has 20 heavy (non-hydrogen) atoms. The Morgan fingerprint density at radius 1 is 1.35 bits per heavy atom. The third-order valence-corrected chi connectivity index (χ3v) is 2.91. The third kappa shape index (κ3) is 6.36. The van der Waals surface area contributed by atoms with Crippen molar-refractivity contribution in [1.29, 1.82) is 0 Å². The molecule has 1 unspecified atom stereocenters. The lowest BCUT2D eigenvalue weighted by atomic mass is 10.0. The normalized spacial score (nSPS) is 11.7. The van der Waals surface area contributed by atoms with Gasteiger partial charge >= 0.3 is 5.97 Å². The van der Waals surface area contributed by atoms with E-state index < -0.39 is 0 Å². The molecule has 0 aliphatic heterocycles. The molecule has 0 amide bonds. The lowest BCUT2D eigenvalue weighted by Gasteiger charge is -2.10. The standard InChI is InChI=1S/C16H22O4/c1-3-5-13(2)10-16(18)20-9-8-19-15-7-4-6-14(11-15)12-17/h4,6-7,11-13H,3,5,8-10H2,1-2H3. The first-order valence-electron chi connectivity index (χ1n) is 6.99. The molecule has 0 aliphatic rings. The van der Waals surface area contributed by atoms with Crippen LogP contribution < -0.4 is 4.74 Å². The molecule has 0 saturated heterocycles. The SMILES string of the molecule is CCCC(C)CC(=O)OCCOc1cccc(C=O)c1. The van der Waals surface area contributed by atoms with Crippen LogP contribution in [0.5, 0.6) is 5.75 Å². The van der Waals surface area contributed by atoms with E-state index in [0.29, 0.717) is 23.7 Å². The highest BCUT2D eigenvalue weighted by Gasteiger charge is 2.09. The summed E-state index contributed by atoms with van der Waals surface area (Å²) in [5.41, 5.74) is 0.563. The van der Waals surface area contributed by atoms with Gasteiger partial charge in [0.2, 0.25) is 0 Å². The van der Waals surface area contributed by atoms with Crippen molar-refractivity contribution in [1.82, 2.24) is 0 Å². The molecular formula is C16H22O4. The smallest absolute Gasteiger partial charge is 0.306 e. The first-order chi connectivity index (χ1) is 9.65. The minimum Gasteiger partial charge on any atom is -0.490 e. The summed E-state index contributed by atoms with van der Waals surface area (Å²) in [6.07, 6.45) is 3.32. The summed E-state index contributed by atoms with van der Waals surface area (Å²) in [5, 5.41) is 0. The minimum absolute atomic E-state index is 0.184. The summed E-state index contributed by atoms with van der Waals surface area (Å²) in [6.45, 7) is 4.66. The number of carbonyl (C=O) groups excluding carboxylic acids is 2. The van der Waals surface area contributed by atoms with Crippen LogP contribution in [0.4, 0.5) is 0 Å². The molecular weight excluding hydrogens is 256 g/mol. The maximum Gasteiger partial charge on any atom is 0.306 e. The topological polar surface area (TPSA) is 52.6 Å². The lowest BCUT2D eigenvalue weighted by molar-refractivity contribution is -0.145. The van der Waals surface area contributed by atoms with Crippen molar-refractivity contribution < 1.29 is 19.1 Å². The monoisotopic (exact) mass is 278 g/mol. The lowest BCUT2D eigenvalue weighted by Crippen LogP contribution is -2.14. The number of hydrogen-bond donors (Lipinski definition) is 0. The fourth-order valence-corrected chi connectivity index (χ4v) is 1.93. The van der Waals surface area contributed by atoms with Crippen molar-refractivity contribution in [3.05, 3.63) is 29.8 Å². The molecule has 0 spiro atoms. The first kappa shape index (κ1) is 16.2. The quantitative estimate of drug-likeness (QED) is 0.395. The highest BCUT2D eigenvalue weighted by atomic mass is 16.6. The maximum absolute atomic E-state index is 11.5. The Bertz CT molecular complexity index is 428. The highest BCUT2D eigenvalue weighted by Crippen LogP contribution is 2.12. The molecule has 1 atom stereocenters. The Morgan fingerprint density at radius 3 is 2.85 bits per heavy atom. The molecule has 0 aromatic heterocycles. The van der Waals surface area contributed by atoms with Gasteiger partial charge in [0.1, 0.15) is 25.2 Å². The van der Waals surface area contributed by atoms with Gasteiger partial charge in [-0.1, -0.05) is 38.8 Å². The largest absolute Gasteiger partial charge is 0.490 e. The minimum atomic E-state index is -0.184. The zero-order chi connectivity index (χ0) is 14.8. The van der Waals surface area contributed by atoms with E-state index >= 15 is 0 Å². The van der Waals surface area contributed by atoms with E-state index in [1.165, 1.54) is 0 Å². The van der Waals surface area contributed by atoms with E-state index in [-0.39, 0.29) is 19.2 Å². The van der Waals surface area contributed by atoms with Crippen LogP contribution in [0.25, 0.3) is 0 Å². The van der Waals surface area contributed by atoms with E-state index in [4.69, 9.17) is 9.47 Å². The number of carbonyl (C=O) groups is 2. The molecule has 110 valence electrons. The summed E-state index contributed by atoms with van der Waals surface area (Å²) >= 11 is 0. The fraction of sp³-hybridized carbons (Fsp3) is 0.500. The van der Waals surface area contributed by atoms with E-state index in [1.54, 1.807) is 24.3 Å². The average molecular weight is 278 g/mol. The van der Waals surface area contributed by atoms with Crippen molar-refractivity contribution in [3.8, 4) is 5.75 Å².